The number of phenolic OH excluding ortho intramolecular Hbond substituents is 1. The van der Waals surface area contributed by atoms with Crippen molar-refractivity contribution in [3.63, 3.8) is 0 Å². The molecule has 18 heavy (non-hydrogen) atoms. The van der Waals surface area contributed by atoms with E-state index in [0.717, 1.165) is 15.3 Å². The Labute approximate surface area is 114 Å². The van der Waals surface area contributed by atoms with Gasteiger partial charge in [-0.1, -0.05) is 11.6 Å². The van der Waals surface area contributed by atoms with Gasteiger partial charge in [0.1, 0.15) is 11.6 Å². The Kier molecular flexibility index (Phi) is 4.22. The topological polar surface area (TPSA) is 32.3 Å². The van der Waals surface area contributed by atoms with Crippen LogP contribution in [0.15, 0.2) is 30.3 Å². The zero-order valence-electron chi connectivity index (χ0n) is 9.78. The molecule has 2 rings (SSSR count). The number of thiophene rings is 1. The van der Waals surface area contributed by atoms with Crippen LogP contribution in [0.4, 0.5) is 4.39 Å². The van der Waals surface area contributed by atoms with Crippen LogP contribution in [-0.2, 0) is 6.54 Å². The fourth-order valence-corrected chi connectivity index (χ4v) is 2.76. The van der Waals surface area contributed by atoms with Gasteiger partial charge < -0.3 is 10.4 Å². The van der Waals surface area contributed by atoms with Gasteiger partial charge in [-0.05, 0) is 36.8 Å². The van der Waals surface area contributed by atoms with Gasteiger partial charge in [0.05, 0.1) is 4.34 Å². The highest BCUT2D eigenvalue weighted by Crippen LogP contribution is 2.27. The van der Waals surface area contributed by atoms with Gasteiger partial charge in [-0.2, -0.15) is 0 Å². The quantitative estimate of drug-likeness (QED) is 0.886. The van der Waals surface area contributed by atoms with Crippen molar-refractivity contribution in [1.29, 1.82) is 0 Å². The maximum absolute atomic E-state index is 13.1. The van der Waals surface area contributed by atoms with E-state index in [-0.39, 0.29) is 11.8 Å². The number of phenols is 1. The number of nitrogens with one attached hydrogen (secondary N) is 1. The standard InChI is InChI=1S/C13H13ClFNOS/c1-8(12-2-3-13(14)18-12)16-7-9-4-10(15)6-11(17)5-9/h2-6,8,16-17H,7H2,1H3. The summed E-state index contributed by atoms with van der Waals surface area (Å²) in [6.45, 7) is 2.50. The molecular weight excluding hydrogens is 273 g/mol. The number of rotatable bonds is 4. The largest absolute Gasteiger partial charge is 0.508 e. The average molecular weight is 286 g/mol. The molecule has 1 unspecified atom stereocenters. The molecule has 1 aromatic carbocycles. The monoisotopic (exact) mass is 285 g/mol. The average Bonchev–Trinajstić information content (AvgIpc) is 2.71. The molecule has 2 aromatic rings. The number of hydrogen-bond acceptors (Lipinski definition) is 3. The number of benzene rings is 1. The first-order valence-corrected chi connectivity index (χ1v) is 6.71. The molecule has 0 saturated heterocycles. The Hall–Kier alpha value is -1.10. The summed E-state index contributed by atoms with van der Waals surface area (Å²) >= 11 is 7.39. The van der Waals surface area contributed by atoms with Crippen molar-refractivity contribution in [2.24, 2.45) is 0 Å². The van der Waals surface area contributed by atoms with E-state index in [1.54, 1.807) is 6.07 Å². The Morgan fingerprint density at radius 2 is 2.17 bits per heavy atom. The summed E-state index contributed by atoms with van der Waals surface area (Å²) in [5, 5.41) is 12.6. The molecule has 0 fully saturated rings. The fraction of sp³-hybridized carbons (Fsp3) is 0.231. The van der Waals surface area contributed by atoms with Crippen LogP contribution in [0.1, 0.15) is 23.4 Å². The lowest BCUT2D eigenvalue weighted by Gasteiger charge is -2.12. The van der Waals surface area contributed by atoms with Crippen molar-refractivity contribution in [2.75, 3.05) is 0 Å². The molecule has 1 aromatic heterocycles. The van der Waals surface area contributed by atoms with Crippen molar-refractivity contribution < 1.29 is 9.50 Å². The molecule has 2 N–H and O–H groups in total. The van der Waals surface area contributed by atoms with E-state index in [0.29, 0.717) is 12.1 Å². The normalized spacial score (nSPS) is 12.6. The second-order valence-electron chi connectivity index (χ2n) is 4.06. The van der Waals surface area contributed by atoms with Gasteiger partial charge >= 0.3 is 0 Å². The van der Waals surface area contributed by atoms with E-state index in [9.17, 15) is 9.50 Å². The molecule has 1 atom stereocenters. The van der Waals surface area contributed by atoms with Crippen LogP contribution in [0, 0.1) is 5.82 Å². The lowest BCUT2D eigenvalue weighted by atomic mass is 10.2. The summed E-state index contributed by atoms with van der Waals surface area (Å²) < 4.78 is 13.8. The molecule has 0 bridgehead atoms. The minimum atomic E-state index is -0.432. The summed E-state index contributed by atoms with van der Waals surface area (Å²) in [5.41, 5.74) is 0.710. The smallest absolute Gasteiger partial charge is 0.127 e. The third-order valence-electron chi connectivity index (χ3n) is 2.58. The van der Waals surface area contributed by atoms with Gasteiger partial charge in [-0.15, -0.1) is 11.3 Å². The Morgan fingerprint density at radius 1 is 1.39 bits per heavy atom. The highest BCUT2D eigenvalue weighted by Gasteiger charge is 2.08. The molecule has 0 aliphatic heterocycles. The minimum Gasteiger partial charge on any atom is -0.508 e. The molecule has 5 heteroatoms. The summed E-state index contributed by atoms with van der Waals surface area (Å²) in [7, 11) is 0. The lowest BCUT2D eigenvalue weighted by molar-refractivity contribution is 0.466. The Bertz CT molecular complexity index is 523. The molecule has 0 aliphatic carbocycles. The number of aromatic hydroxyl groups is 1. The zero-order chi connectivity index (χ0) is 13.1. The van der Waals surface area contributed by atoms with Crippen molar-refractivity contribution >= 4 is 22.9 Å². The molecule has 0 amide bonds. The first kappa shape index (κ1) is 13.3. The SMILES string of the molecule is CC(NCc1cc(O)cc(F)c1)c1ccc(Cl)s1. The second-order valence-corrected chi connectivity index (χ2v) is 5.81. The summed E-state index contributed by atoms with van der Waals surface area (Å²) in [6, 6.07) is 7.99. The summed E-state index contributed by atoms with van der Waals surface area (Å²) in [6.07, 6.45) is 0. The molecule has 2 nitrogen and oxygen atoms in total. The van der Waals surface area contributed by atoms with E-state index in [4.69, 9.17) is 11.6 Å². The minimum absolute atomic E-state index is 0.0568. The van der Waals surface area contributed by atoms with Crippen molar-refractivity contribution in [3.8, 4) is 5.75 Å². The first-order chi connectivity index (χ1) is 8.54. The third kappa shape index (κ3) is 3.45. The van der Waals surface area contributed by atoms with E-state index < -0.39 is 5.82 Å². The highest BCUT2D eigenvalue weighted by molar-refractivity contribution is 7.16. The van der Waals surface area contributed by atoms with Gasteiger partial charge in [0.25, 0.3) is 0 Å². The maximum atomic E-state index is 13.1. The van der Waals surface area contributed by atoms with Gasteiger partial charge in [0.15, 0.2) is 0 Å². The van der Waals surface area contributed by atoms with Gasteiger partial charge in [0.2, 0.25) is 0 Å². The van der Waals surface area contributed by atoms with Gasteiger partial charge in [0, 0.05) is 23.5 Å². The molecule has 0 saturated carbocycles. The van der Waals surface area contributed by atoms with Crippen molar-refractivity contribution in [3.05, 3.63) is 50.9 Å². The van der Waals surface area contributed by atoms with Crippen LogP contribution in [0.25, 0.3) is 0 Å². The van der Waals surface area contributed by atoms with Crippen LogP contribution in [0.5, 0.6) is 5.75 Å². The fourth-order valence-electron chi connectivity index (χ4n) is 1.67. The van der Waals surface area contributed by atoms with Crippen LogP contribution < -0.4 is 5.32 Å². The predicted molar refractivity (Wildman–Crippen MR) is 72.6 cm³/mol. The molecule has 0 aliphatic rings. The van der Waals surface area contributed by atoms with Crippen molar-refractivity contribution in [2.45, 2.75) is 19.5 Å². The second kappa shape index (κ2) is 5.69. The summed E-state index contributed by atoms with van der Waals surface area (Å²) in [5.74, 6) is -0.489. The number of hydrogen-bond donors (Lipinski definition) is 2. The highest BCUT2D eigenvalue weighted by atomic mass is 35.5. The van der Waals surface area contributed by atoms with Crippen LogP contribution in [-0.4, -0.2) is 5.11 Å². The predicted octanol–water partition coefficient (Wildman–Crippen LogP) is 4.10. The lowest BCUT2D eigenvalue weighted by Crippen LogP contribution is -2.17. The van der Waals surface area contributed by atoms with Crippen LogP contribution in [0.2, 0.25) is 4.34 Å². The summed E-state index contributed by atoms with van der Waals surface area (Å²) in [4.78, 5) is 1.13. The Morgan fingerprint density at radius 3 is 2.78 bits per heavy atom. The van der Waals surface area contributed by atoms with Crippen molar-refractivity contribution in [1.82, 2.24) is 5.32 Å². The third-order valence-corrected chi connectivity index (χ3v) is 3.99. The maximum Gasteiger partial charge on any atom is 0.127 e. The molecular formula is C13H13ClFNOS. The number of halogens is 2. The Balaban J connectivity index is 1.99. The zero-order valence-corrected chi connectivity index (χ0v) is 11.4. The van der Waals surface area contributed by atoms with Crippen LogP contribution >= 0.6 is 22.9 Å². The van der Waals surface area contributed by atoms with Gasteiger partial charge in [-0.25, -0.2) is 4.39 Å². The molecule has 1 heterocycles. The van der Waals surface area contributed by atoms with E-state index >= 15 is 0 Å². The van der Waals surface area contributed by atoms with Crippen LogP contribution in [0.3, 0.4) is 0 Å². The first-order valence-electron chi connectivity index (χ1n) is 5.51. The van der Waals surface area contributed by atoms with E-state index in [1.807, 2.05) is 19.1 Å². The van der Waals surface area contributed by atoms with Gasteiger partial charge in [-0.3, -0.25) is 0 Å². The van der Waals surface area contributed by atoms with E-state index in [1.165, 1.54) is 17.4 Å². The molecule has 96 valence electrons. The molecule has 0 radical (unpaired) electrons. The van der Waals surface area contributed by atoms with E-state index in [2.05, 4.69) is 5.32 Å². The molecule has 0 spiro atoms.